The number of rotatable bonds is 6. The van der Waals surface area contributed by atoms with Crippen molar-refractivity contribution in [1.82, 2.24) is 15.0 Å². The molecule has 1 amide bonds. The monoisotopic (exact) mass is 281 g/mol. The maximum Gasteiger partial charge on any atom is 0.357 e. The van der Waals surface area contributed by atoms with Crippen molar-refractivity contribution in [3.63, 3.8) is 0 Å². The van der Waals surface area contributed by atoms with Crippen LogP contribution in [0.2, 0.25) is 0 Å². The highest BCUT2D eigenvalue weighted by atomic mass is 16.4. The highest BCUT2D eigenvalue weighted by Crippen LogP contribution is 2.13. The Morgan fingerprint density at radius 1 is 1.55 bits per heavy atom. The van der Waals surface area contributed by atoms with E-state index in [-0.39, 0.29) is 11.6 Å². The summed E-state index contributed by atoms with van der Waals surface area (Å²) in [7, 11) is 0. The Morgan fingerprint density at radius 2 is 2.35 bits per heavy atom. The molecule has 0 radical (unpaired) electrons. The van der Waals surface area contributed by atoms with Crippen molar-refractivity contribution >= 4 is 11.9 Å². The fourth-order valence-electron chi connectivity index (χ4n) is 2.32. The Labute approximate surface area is 117 Å². The molecule has 1 aliphatic rings. The lowest BCUT2D eigenvalue weighted by atomic mass is 10.2. The molecular weight excluding hydrogens is 262 g/mol. The molecule has 1 aromatic heterocycles. The molecule has 0 saturated carbocycles. The first kappa shape index (κ1) is 14.5. The number of nitrogens with zero attached hydrogens (tertiary/aromatic N) is 3. The number of carboxylic acids is 1. The molecule has 0 atom stereocenters. The number of carbonyl (C=O) groups is 2. The van der Waals surface area contributed by atoms with E-state index in [4.69, 9.17) is 9.52 Å². The molecular formula is C13H19N3O4. The SMILES string of the molecule is CCN1CCCC(=O)N1CCCc1nc(C(=O)O)co1. The van der Waals surface area contributed by atoms with Crippen molar-refractivity contribution in [3.05, 3.63) is 17.8 Å². The number of oxazole rings is 1. The molecule has 1 N–H and O–H groups in total. The molecule has 1 saturated heterocycles. The van der Waals surface area contributed by atoms with Gasteiger partial charge in [-0.25, -0.2) is 14.8 Å². The van der Waals surface area contributed by atoms with Crippen molar-refractivity contribution in [1.29, 1.82) is 0 Å². The number of aryl methyl sites for hydroxylation is 1. The Balaban J connectivity index is 1.84. The van der Waals surface area contributed by atoms with Crippen LogP contribution in [0.3, 0.4) is 0 Å². The molecule has 7 nitrogen and oxygen atoms in total. The number of carbonyl (C=O) groups excluding carboxylic acids is 1. The van der Waals surface area contributed by atoms with Gasteiger partial charge in [0.05, 0.1) is 0 Å². The number of aromatic carboxylic acids is 1. The third-order valence-corrected chi connectivity index (χ3v) is 3.33. The second-order valence-electron chi connectivity index (χ2n) is 4.70. The summed E-state index contributed by atoms with van der Waals surface area (Å²) in [5, 5.41) is 12.6. The zero-order valence-electron chi connectivity index (χ0n) is 11.5. The summed E-state index contributed by atoms with van der Waals surface area (Å²) in [5.74, 6) is -0.546. The predicted molar refractivity (Wildman–Crippen MR) is 70.0 cm³/mol. The zero-order chi connectivity index (χ0) is 14.5. The van der Waals surface area contributed by atoms with Crippen molar-refractivity contribution in [3.8, 4) is 0 Å². The lowest BCUT2D eigenvalue weighted by Crippen LogP contribution is -2.50. The van der Waals surface area contributed by atoms with Crippen molar-refractivity contribution in [2.75, 3.05) is 19.6 Å². The second-order valence-corrected chi connectivity index (χ2v) is 4.70. The molecule has 0 bridgehead atoms. The standard InChI is InChI=1S/C13H19N3O4/c1-2-15-7-4-6-12(17)16(15)8-3-5-11-14-10(9-20-11)13(18)19/h9H,2-8H2,1H3,(H,18,19). The third-order valence-electron chi connectivity index (χ3n) is 3.33. The Bertz CT molecular complexity index is 486. The maximum absolute atomic E-state index is 11.9. The molecule has 1 aromatic rings. The molecule has 0 unspecified atom stereocenters. The zero-order valence-corrected chi connectivity index (χ0v) is 11.5. The lowest BCUT2D eigenvalue weighted by Gasteiger charge is -2.37. The molecule has 110 valence electrons. The van der Waals surface area contributed by atoms with Gasteiger partial charge in [0.1, 0.15) is 6.26 Å². The Kier molecular flexibility index (Phi) is 4.73. The molecule has 0 aliphatic carbocycles. The minimum Gasteiger partial charge on any atom is -0.476 e. The summed E-state index contributed by atoms with van der Waals surface area (Å²) >= 11 is 0. The second kappa shape index (κ2) is 6.51. The first-order valence-electron chi connectivity index (χ1n) is 6.84. The topological polar surface area (TPSA) is 86.9 Å². The molecule has 0 spiro atoms. The highest BCUT2D eigenvalue weighted by Gasteiger charge is 2.24. The van der Waals surface area contributed by atoms with Crippen LogP contribution in [0.15, 0.2) is 10.7 Å². The van der Waals surface area contributed by atoms with Crippen LogP contribution in [0.1, 0.15) is 42.6 Å². The van der Waals surface area contributed by atoms with E-state index >= 15 is 0 Å². The third kappa shape index (κ3) is 3.36. The van der Waals surface area contributed by atoms with Crippen molar-refractivity contribution in [2.24, 2.45) is 0 Å². The summed E-state index contributed by atoms with van der Waals surface area (Å²) in [6.07, 6.45) is 3.86. The molecule has 2 rings (SSSR count). The maximum atomic E-state index is 11.9. The highest BCUT2D eigenvalue weighted by molar-refractivity contribution is 5.84. The van der Waals surface area contributed by atoms with Gasteiger partial charge >= 0.3 is 5.97 Å². The predicted octanol–water partition coefficient (Wildman–Crippen LogP) is 1.16. The number of aromatic nitrogens is 1. The number of hydrogen-bond donors (Lipinski definition) is 1. The van der Waals surface area contributed by atoms with E-state index in [1.54, 1.807) is 5.01 Å². The van der Waals surface area contributed by atoms with Gasteiger partial charge in [-0.2, -0.15) is 0 Å². The minimum atomic E-state index is -1.09. The molecule has 7 heteroatoms. The van der Waals surface area contributed by atoms with Crippen LogP contribution in [0, 0.1) is 0 Å². The summed E-state index contributed by atoms with van der Waals surface area (Å²) in [6, 6.07) is 0. The van der Waals surface area contributed by atoms with E-state index in [9.17, 15) is 9.59 Å². The first-order valence-corrected chi connectivity index (χ1v) is 6.84. The molecule has 20 heavy (non-hydrogen) atoms. The summed E-state index contributed by atoms with van der Waals surface area (Å²) in [5.41, 5.74) is -0.0794. The summed E-state index contributed by atoms with van der Waals surface area (Å²) < 4.78 is 5.09. The van der Waals surface area contributed by atoms with E-state index in [1.165, 1.54) is 0 Å². The molecule has 1 fully saturated rings. The van der Waals surface area contributed by atoms with E-state index in [0.29, 0.717) is 31.7 Å². The average molecular weight is 281 g/mol. The van der Waals surface area contributed by atoms with Crippen LogP contribution in [0.25, 0.3) is 0 Å². The summed E-state index contributed by atoms with van der Waals surface area (Å²) in [4.78, 5) is 26.4. The number of hydrazine groups is 1. The van der Waals surface area contributed by atoms with Gasteiger partial charge in [0, 0.05) is 32.5 Å². The van der Waals surface area contributed by atoms with E-state index < -0.39 is 5.97 Å². The average Bonchev–Trinajstić information content (AvgIpc) is 2.89. The fourth-order valence-corrected chi connectivity index (χ4v) is 2.32. The van der Waals surface area contributed by atoms with Gasteiger partial charge in [-0.15, -0.1) is 0 Å². The van der Waals surface area contributed by atoms with Crippen LogP contribution in [0.4, 0.5) is 0 Å². The largest absolute Gasteiger partial charge is 0.476 e. The molecule has 0 aromatic carbocycles. The van der Waals surface area contributed by atoms with Gasteiger partial charge in [0.2, 0.25) is 5.91 Å². The van der Waals surface area contributed by atoms with Crippen LogP contribution in [-0.2, 0) is 11.2 Å². The normalized spacial score (nSPS) is 16.6. The van der Waals surface area contributed by atoms with Gasteiger partial charge in [-0.05, 0) is 12.8 Å². The van der Waals surface area contributed by atoms with Crippen molar-refractivity contribution in [2.45, 2.75) is 32.6 Å². The Hall–Kier alpha value is -1.89. The quantitative estimate of drug-likeness (QED) is 0.842. The number of carboxylic acid groups (broad SMARTS) is 1. The smallest absolute Gasteiger partial charge is 0.357 e. The van der Waals surface area contributed by atoms with Crippen LogP contribution < -0.4 is 0 Å². The van der Waals surface area contributed by atoms with Crippen molar-refractivity contribution < 1.29 is 19.1 Å². The number of hydrogen-bond acceptors (Lipinski definition) is 5. The van der Waals surface area contributed by atoms with E-state index in [2.05, 4.69) is 4.98 Å². The van der Waals surface area contributed by atoms with E-state index in [0.717, 1.165) is 25.8 Å². The minimum absolute atomic E-state index is 0.0794. The lowest BCUT2D eigenvalue weighted by molar-refractivity contribution is -0.155. The summed E-state index contributed by atoms with van der Waals surface area (Å²) in [6.45, 7) is 4.36. The fraction of sp³-hybridized carbons (Fsp3) is 0.615. The van der Waals surface area contributed by atoms with E-state index in [1.807, 2.05) is 11.9 Å². The first-order chi connectivity index (χ1) is 9.61. The molecule has 1 aliphatic heterocycles. The van der Waals surface area contributed by atoms with Gasteiger partial charge in [-0.3, -0.25) is 9.80 Å². The van der Waals surface area contributed by atoms with Gasteiger partial charge in [0.15, 0.2) is 11.6 Å². The van der Waals surface area contributed by atoms with Gasteiger partial charge in [0.25, 0.3) is 0 Å². The number of amides is 1. The van der Waals surface area contributed by atoms with Crippen LogP contribution in [-0.4, -0.2) is 51.6 Å². The Morgan fingerprint density at radius 3 is 3.00 bits per heavy atom. The molecule has 2 heterocycles. The van der Waals surface area contributed by atoms with Crippen LogP contribution >= 0.6 is 0 Å². The van der Waals surface area contributed by atoms with Gasteiger partial charge < -0.3 is 9.52 Å². The van der Waals surface area contributed by atoms with Gasteiger partial charge in [-0.1, -0.05) is 6.92 Å². The van der Waals surface area contributed by atoms with Crippen LogP contribution in [0.5, 0.6) is 0 Å².